The summed E-state index contributed by atoms with van der Waals surface area (Å²) in [5, 5.41) is 0. The molecular formula is C20H30O4. The Bertz CT molecular complexity index is 505. The molecule has 1 aromatic carbocycles. The van der Waals surface area contributed by atoms with Crippen molar-refractivity contribution >= 4 is 11.9 Å². The second-order valence-corrected chi connectivity index (χ2v) is 6.53. The van der Waals surface area contributed by atoms with E-state index in [0.29, 0.717) is 23.7 Å². The van der Waals surface area contributed by atoms with E-state index in [0.717, 1.165) is 32.1 Å². The molecule has 0 saturated carbocycles. The van der Waals surface area contributed by atoms with Crippen molar-refractivity contribution < 1.29 is 19.1 Å². The topological polar surface area (TPSA) is 52.6 Å². The first kappa shape index (κ1) is 20.2. The van der Waals surface area contributed by atoms with Crippen LogP contribution in [0.4, 0.5) is 0 Å². The van der Waals surface area contributed by atoms with Crippen LogP contribution in [0.3, 0.4) is 0 Å². The lowest BCUT2D eigenvalue weighted by molar-refractivity contribution is 0.0254. The van der Waals surface area contributed by atoms with E-state index in [4.69, 9.17) is 9.47 Å². The molecule has 0 fully saturated rings. The minimum Gasteiger partial charge on any atom is -0.462 e. The lowest BCUT2D eigenvalue weighted by Gasteiger charge is -2.17. The molecule has 0 aromatic heterocycles. The zero-order valence-electron chi connectivity index (χ0n) is 15.3. The highest BCUT2D eigenvalue weighted by molar-refractivity contribution is 5.93. The average Bonchev–Trinajstić information content (AvgIpc) is 2.57. The van der Waals surface area contributed by atoms with E-state index in [1.54, 1.807) is 24.3 Å². The van der Waals surface area contributed by atoms with E-state index in [2.05, 4.69) is 13.8 Å². The highest BCUT2D eigenvalue weighted by atomic mass is 16.5. The average molecular weight is 334 g/mol. The van der Waals surface area contributed by atoms with Gasteiger partial charge in [0.15, 0.2) is 0 Å². The summed E-state index contributed by atoms with van der Waals surface area (Å²) in [7, 11) is 0. The van der Waals surface area contributed by atoms with E-state index in [1.807, 2.05) is 13.8 Å². The third-order valence-corrected chi connectivity index (χ3v) is 3.67. The molecule has 0 N–H and O–H groups in total. The van der Waals surface area contributed by atoms with Gasteiger partial charge >= 0.3 is 11.9 Å². The van der Waals surface area contributed by atoms with Gasteiger partial charge in [0.2, 0.25) is 0 Å². The molecule has 0 radical (unpaired) electrons. The van der Waals surface area contributed by atoms with Crippen LogP contribution in [-0.2, 0) is 9.47 Å². The Morgan fingerprint density at radius 3 is 2.00 bits per heavy atom. The van der Waals surface area contributed by atoms with Gasteiger partial charge in [-0.2, -0.15) is 0 Å². The Balaban J connectivity index is 2.63. The molecule has 4 heteroatoms. The van der Waals surface area contributed by atoms with Gasteiger partial charge in [-0.1, -0.05) is 47.0 Å². The zero-order valence-corrected chi connectivity index (χ0v) is 15.3. The molecule has 134 valence electrons. The Kier molecular flexibility index (Phi) is 9.13. The third kappa shape index (κ3) is 7.16. The number of rotatable bonds is 10. The predicted octanol–water partition coefficient (Wildman–Crippen LogP) is 5.02. The van der Waals surface area contributed by atoms with Crippen molar-refractivity contribution in [1.82, 2.24) is 0 Å². The summed E-state index contributed by atoms with van der Waals surface area (Å²) < 4.78 is 10.8. The van der Waals surface area contributed by atoms with Crippen molar-refractivity contribution in [3.63, 3.8) is 0 Å². The molecule has 0 spiro atoms. The van der Waals surface area contributed by atoms with Crippen LogP contribution in [0.1, 0.15) is 80.5 Å². The zero-order chi connectivity index (χ0) is 17.9. The quantitative estimate of drug-likeness (QED) is 0.564. The molecule has 24 heavy (non-hydrogen) atoms. The van der Waals surface area contributed by atoms with Gasteiger partial charge in [0.05, 0.1) is 17.7 Å². The fourth-order valence-electron chi connectivity index (χ4n) is 2.30. The van der Waals surface area contributed by atoms with Gasteiger partial charge in [0, 0.05) is 0 Å². The largest absolute Gasteiger partial charge is 0.462 e. The maximum absolute atomic E-state index is 12.3. The van der Waals surface area contributed by atoms with Gasteiger partial charge in [0.1, 0.15) is 6.10 Å². The van der Waals surface area contributed by atoms with Crippen LogP contribution in [0.2, 0.25) is 0 Å². The molecule has 4 nitrogen and oxygen atoms in total. The minimum atomic E-state index is -0.365. The lowest BCUT2D eigenvalue weighted by Crippen LogP contribution is -2.18. The molecule has 1 atom stereocenters. The molecule has 1 unspecified atom stereocenters. The number of esters is 2. The van der Waals surface area contributed by atoms with Gasteiger partial charge in [-0.05, 0) is 43.0 Å². The summed E-state index contributed by atoms with van der Waals surface area (Å²) >= 11 is 0. The van der Waals surface area contributed by atoms with E-state index in [-0.39, 0.29) is 18.0 Å². The Hall–Kier alpha value is -1.84. The molecule has 0 amide bonds. The number of carbonyl (C=O) groups is 2. The standard InChI is InChI=1S/C20H30O4/c1-5-7-9-18(8-6-2)24-20(22)17-12-10-16(11-13-17)19(21)23-14-15(3)4/h10-13,15,18H,5-9,14H2,1-4H3. The Morgan fingerprint density at radius 1 is 0.917 bits per heavy atom. The van der Waals surface area contributed by atoms with Gasteiger partial charge in [-0.3, -0.25) is 0 Å². The number of hydrogen-bond acceptors (Lipinski definition) is 4. The summed E-state index contributed by atoms with van der Waals surface area (Å²) in [6.45, 7) is 8.57. The van der Waals surface area contributed by atoms with Crippen LogP contribution < -0.4 is 0 Å². The lowest BCUT2D eigenvalue weighted by atomic mass is 10.1. The molecule has 0 saturated heterocycles. The van der Waals surface area contributed by atoms with E-state index >= 15 is 0 Å². The smallest absolute Gasteiger partial charge is 0.338 e. The fourth-order valence-corrected chi connectivity index (χ4v) is 2.30. The molecule has 0 aliphatic heterocycles. The fraction of sp³-hybridized carbons (Fsp3) is 0.600. The van der Waals surface area contributed by atoms with Crippen LogP contribution in [0, 0.1) is 5.92 Å². The highest BCUT2D eigenvalue weighted by Gasteiger charge is 2.16. The maximum atomic E-state index is 12.3. The van der Waals surface area contributed by atoms with Crippen LogP contribution in [0.15, 0.2) is 24.3 Å². The number of ether oxygens (including phenoxy) is 2. The molecule has 0 aliphatic rings. The van der Waals surface area contributed by atoms with Crippen LogP contribution >= 0.6 is 0 Å². The van der Waals surface area contributed by atoms with Gasteiger partial charge in [0.25, 0.3) is 0 Å². The molecule has 1 aromatic rings. The molecule has 0 heterocycles. The number of carbonyl (C=O) groups excluding carboxylic acids is 2. The summed E-state index contributed by atoms with van der Waals surface area (Å²) in [5.41, 5.74) is 0.913. The minimum absolute atomic E-state index is 0.0295. The third-order valence-electron chi connectivity index (χ3n) is 3.67. The van der Waals surface area contributed by atoms with Crippen molar-refractivity contribution in [1.29, 1.82) is 0 Å². The summed E-state index contributed by atoms with van der Waals surface area (Å²) in [4.78, 5) is 24.1. The summed E-state index contributed by atoms with van der Waals surface area (Å²) in [6.07, 6.45) is 4.88. The second kappa shape index (κ2) is 10.8. The first-order chi connectivity index (χ1) is 11.5. The van der Waals surface area contributed by atoms with E-state index in [1.165, 1.54) is 0 Å². The molecule has 0 bridgehead atoms. The van der Waals surface area contributed by atoms with Crippen molar-refractivity contribution in [3.8, 4) is 0 Å². The maximum Gasteiger partial charge on any atom is 0.338 e. The Labute approximate surface area is 145 Å². The van der Waals surface area contributed by atoms with Crippen molar-refractivity contribution in [3.05, 3.63) is 35.4 Å². The summed E-state index contributed by atoms with van der Waals surface area (Å²) in [5.74, 6) is -0.399. The Morgan fingerprint density at radius 2 is 1.50 bits per heavy atom. The highest BCUT2D eigenvalue weighted by Crippen LogP contribution is 2.15. The predicted molar refractivity (Wildman–Crippen MR) is 95.2 cm³/mol. The van der Waals surface area contributed by atoms with Crippen molar-refractivity contribution in [2.24, 2.45) is 5.92 Å². The van der Waals surface area contributed by atoms with Crippen LogP contribution in [-0.4, -0.2) is 24.6 Å². The van der Waals surface area contributed by atoms with E-state index < -0.39 is 0 Å². The monoisotopic (exact) mass is 334 g/mol. The molecule has 1 rings (SSSR count). The SMILES string of the molecule is CCCCC(CCC)OC(=O)c1ccc(C(=O)OCC(C)C)cc1. The number of unbranched alkanes of at least 4 members (excludes halogenated alkanes) is 1. The first-order valence-electron chi connectivity index (χ1n) is 8.96. The number of benzene rings is 1. The molecule has 0 aliphatic carbocycles. The van der Waals surface area contributed by atoms with Crippen molar-refractivity contribution in [2.75, 3.05) is 6.61 Å². The normalized spacial score (nSPS) is 12.0. The van der Waals surface area contributed by atoms with Gasteiger partial charge in [-0.25, -0.2) is 9.59 Å². The molecular weight excluding hydrogens is 304 g/mol. The van der Waals surface area contributed by atoms with Crippen molar-refractivity contribution in [2.45, 2.75) is 65.9 Å². The van der Waals surface area contributed by atoms with Gasteiger partial charge in [-0.15, -0.1) is 0 Å². The second-order valence-electron chi connectivity index (χ2n) is 6.53. The van der Waals surface area contributed by atoms with E-state index in [9.17, 15) is 9.59 Å². The van der Waals surface area contributed by atoms with Crippen LogP contribution in [0.5, 0.6) is 0 Å². The van der Waals surface area contributed by atoms with Gasteiger partial charge < -0.3 is 9.47 Å². The first-order valence-corrected chi connectivity index (χ1v) is 8.96. The van der Waals surface area contributed by atoms with Crippen LogP contribution in [0.25, 0.3) is 0 Å². The summed E-state index contributed by atoms with van der Waals surface area (Å²) in [6, 6.07) is 6.47. The number of hydrogen-bond donors (Lipinski definition) is 0.